The van der Waals surface area contributed by atoms with Crippen molar-refractivity contribution in [3.8, 4) is 0 Å². The maximum atomic E-state index is 12.5. The number of allylic oxidation sites excluding steroid dienone is 1. The minimum absolute atomic E-state index is 0.0885. The van der Waals surface area contributed by atoms with Gasteiger partial charge in [-0.25, -0.2) is 0 Å². The Kier molecular flexibility index (Phi) is 9.54. The molecule has 1 unspecified atom stereocenters. The molecule has 2 aromatic rings. The quantitative estimate of drug-likeness (QED) is 0.477. The summed E-state index contributed by atoms with van der Waals surface area (Å²) in [5.41, 5.74) is 9.31. The minimum Gasteiger partial charge on any atom is -0.461 e. The Balaban J connectivity index is 2.07. The van der Waals surface area contributed by atoms with Crippen molar-refractivity contribution in [2.45, 2.75) is 45.3 Å². The number of halogens is 1. The van der Waals surface area contributed by atoms with E-state index in [2.05, 4.69) is 5.32 Å². The summed E-state index contributed by atoms with van der Waals surface area (Å²) in [6, 6.07) is 15.1. The first-order valence-corrected chi connectivity index (χ1v) is 10.2. The molecule has 1 atom stereocenters. The average Bonchev–Trinajstić information content (AvgIpc) is 2.74. The lowest BCUT2D eigenvalue weighted by atomic mass is 9.89. The van der Waals surface area contributed by atoms with Gasteiger partial charge in [0.1, 0.15) is 6.61 Å². The monoisotopic (exact) mass is 416 g/mol. The van der Waals surface area contributed by atoms with Crippen LogP contribution in [0.2, 0.25) is 5.02 Å². The molecule has 0 heterocycles. The van der Waals surface area contributed by atoms with Gasteiger partial charge in [-0.2, -0.15) is 0 Å². The lowest BCUT2D eigenvalue weighted by Gasteiger charge is -2.18. The average molecular weight is 417 g/mol. The van der Waals surface area contributed by atoms with E-state index in [0.717, 1.165) is 23.4 Å². The third-order valence-electron chi connectivity index (χ3n) is 4.64. The van der Waals surface area contributed by atoms with Gasteiger partial charge in [0, 0.05) is 23.5 Å². The number of aliphatic hydroxyl groups excluding tert-OH is 1. The molecule has 6 heteroatoms. The SMILES string of the molecule is CCN/C=C(\N)CCC(CC(=O)OCc1ccccc1)c1ccc(Cl)c(CO)c1. The van der Waals surface area contributed by atoms with Crippen LogP contribution in [0.5, 0.6) is 0 Å². The standard InChI is InChI=1S/C23H29ClN2O3/c1-2-26-14-21(25)10-8-19(18-9-11-22(24)20(12-18)15-27)13-23(28)29-16-17-6-4-3-5-7-17/h3-7,9,11-12,14,19,26-27H,2,8,10,13,15-16,25H2,1H3/b21-14-. The fraction of sp³-hybridized carbons (Fsp3) is 0.348. The van der Waals surface area contributed by atoms with Gasteiger partial charge in [0.25, 0.3) is 0 Å². The van der Waals surface area contributed by atoms with Gasteiger partial charge in [-0.1, -0.05) is 54.1 Å². The number of esters is 1. The van der Waals surface area contributed by atoms with Crippen molar-refractivity contribution >= 4 is 17.6 Å². The van der Waals surface area contributed by atoms with E-state index in [9.17, 15) is 9.90 Å². The van der Waals surface area contributed by atoms with Crippen LogP contribution in [0.25, 0.3) is 0 Å². The summed E-state index contributed by atoms with van der Waals surface area (Å²) in [6.07, 6.45) is 3.35. The first kappa shape index (κ1) is 22.8. The maximum Gasteiger partial charge on any atom is 0.306 e. The molecule has 0 radical (unpaired) electrons. The number of aliphatic hydroxyl groups is 1. The Bertz CT molecular complexity index is 809. The molecule has 0 fully saturated rings. The highest BCUT2D eigenvalue weighted by molar-refractivity contribution is 6.31. The number of benzene rings is 2. The molecular weight excluding hydrogens is 388 g/mol. The van der Waals surface area contributed by atoms with E-state index in [1.165, 1.54) is 0 Å². The van der Waals surface area contributed by atoms with Crippen LogP contribution in [0.4, 0.5) is 0 Å². The number of nitrogens with one attached hydrogen (secondary N) is 1. The van der Waals surface area contributed by atoms with Gasteiger partial charge in [0.15, 0.2) is 0 Å². The molecule has 0 amide bonds. The summed E-state index contributed by atoms with van der Waals surface area (Å²) >= 11 is 6.12. The Labute approximate surface area is 177 Å². The van der Waals surface area contributed by atoms with Crippen molar-refractivity contribution in [2.75, 3.05) is 6.54 Å². The zero-order valence-corrected chi connectivity index (χ0v) is 17.5. The molecule has 29 heavy (non-hydrogen) atoms. The summed E-state index contributed by atoms with van der Waals surface area (Å²) in [5, 5.41) is 13.1. The third kappa shape index (κ3) is 7.80. The van der Waals surface area contributed by atoms with Crippen molar-refractivity contribution < 1.29 is 14.6 Å². The van der Waals surface area contributed by atoms with E-state index in [1.54, 1.807) is 12.3 Å². The highest BCUT2D eigenvalue weighted by Gasteiger charge is 2.19. The lowest BCUT2D eigenvalue weighted by Crippen LogP contribution is -2.13. The Morgan fingerprint density at radius 1 is 1.28 bits per heavy atom. The Hall–Kier alpha value is -2.50. The molecular formula is C23H29ClN2O3. The van der Waals surface area contributed by atoms with Gasteiger partial charge in [-0.05, 0) is 48.4 Å². The number of carbonyl (C=O) groups excluding carboxylic acids is 1. The molecule has 156 valence electrons. The Morgan fingerprint density at radius 3 is 2.72 bits per heavy atom. The summed E-state index contributed by atoms with van der Waals surface area (Å²) < 4.78 is 5.46. The second kappa shape index (κ2) is 12.1. The van der Waals surface area contributed by atoms with E-state index in [1.807, 2.05) is 49.4 Å². The molecule has 0 aromatic heterocycles. The van der Waals surface area contributed by atoms with Crippen molar-refractivity contribution in [3.63, 3.8) is 0 Å². The molecule has 0 saturated heterocycles. The van der Waals surface area contributed by atoms with Crippen LogP contribution in [-0.2, 0) is 22.7 Å². The second-order valence-electron chi connectivity index (χ2n) is 6.87. The molecule has 0 saturated carbocycles. The van der Waals surface area contributed by atoms with Crippen LogP contribution in [0.1, 0.15) is 48.8 Å². The smallest absolute Gasteiger partial charge is 0.306 e. The highest BCUT2D eigenvalue weighted by atomic mass is 35.5. The molecule has 0 bridgehead atoms. The molecule has 0 aliphatic rings. The summed E-state index contributed by atoms with van der Waals surface area (Å²) in [5.74, 6) is -0.358. The Morgan fingerprint density at radius 2 is 2.03 bits per heavy atom. The third-order valence-corrected chi connectivity index (χ3v) is 5.01. The maximum absolute atomic E-state index is 12.5. The second-order valence-corrected chi connectivity index (χ2v) is 7.28. The van der Waals surface area contributed by atoms with Crippen LogP contribution < -0.4 is 11.1 Å². The van der Waals surface area contributed by atoms with Crippen molar-refractivity contribution in [2.24, 2.45) is 5.73 Å². The number of carbonyl (C=O) groups is 1. The van der Waals surface area contributed by atoms with Gasteiger partial charge < -0.3 is 20.9 Å². The van der Waals surface area contributed by atoms with Crippen molar-refractivity contribution in [1.29, 1.82) is 0 Å². The van der Waals surface area contributed by atoms with E-state index in [4.69, 9.17) is 22.1 Å². The number of hydrogen-bond acceptors (Lipinski definition) is 5. The normalized spacial score (nSPS) is 12.4. The fourth-order valence-corrected chi connectivity index (χ4v) is 3.18. The number of hydrogen-bond donors (Lipinski definition) is 3. The van der Waals surface area contributed by atoms with E-state index in [0.29, 0.717) is 23.4 Å². The van der Waals surface area contributed by atoms with Crippen molar-refractivity contribution in [3.05, 3.63) is 82.1 Å². The zero-order chi connectivity index (χ0) is 21.1. The summed E-state index contributed by atoms with van der Waals surface area (Å²) in [6.45, 7) is 2.89. The predicted molar refractivity (Wildman–Crippen MR) is 116 cm³/mol. The zero-order valence-electron chi connectivity index (χ0n) is 16.7. The van der Waals surface area contributed by atoms with Gasteiger partial charge >= 0.3 is 5.97 Å². The van der Waals surface area contributed by atoms with Crippen LogP contribution >= 0.6 is 11.6 Å². The predicted octanol–water partition coefficient (Wildman–Crippen LogP) is 4.24. The summed E-state index contributed by atoms with van der Waals surface area (Å²) in [4.78, 5) is 12.5. The largest absolute Gasteiger partial charge is 0.461 e. The first-order chi connectivity index (χ1) is 14.0. The summed E-state index contributed by atoms with van der Waals surface area (Å²) in [7, 11) is 0. The molecule has 2 rings (SSSR count). The molecule has 0 aliphatic heterocycles. The number of nitrogens with two attached hydrogens (primary N) is 1. The van der Waals surface area contributed by atoms with Gasteiger partial charge in [-0.3, -0.25) is 4.79 Å². The topological polar surface area (TPSA) is 84.6 Å². The minimum atomic E-state index is -0.270. The molecule has 0 spiro atoms. The van der Waals surface area contributed by atoms with Crippen LogP contribution in [0.15, 0.2) is 60.4 Å². The van der Waals surface area contributed by atoms with Crippen LogP contribution in [0.3, 0.4) is 0 Å². The van der Waals surface area contributed by atoms with Gasteiger partial charge in [0.05, 0.1) is 13.0 Å². The molecule has 2 aromatic carbocycles. The van der Waals surface area contributed by atoms with Gasteiger partial charge in [-0.15, -0.1) is 0 Å². The lowest BCUT2D eigenvalue weighted by molar-refractivity contribution is -0.145. The van der Waals surface area contributed by atoms with E-state index >= 15 is 0 Å². The van der Waals surface area contributed by atoms with Crippen LogP contribution in [-0.4, -0.2) is 17.6 Å². The number of rotatable bonds is 11. The highest BCUT2D eigenvalue weighted by Crippen LogP contribution is 2.30. The molecule has 4 N–H and O–H groups in total. The molecule has 5 nitrogen and oxygen atoms in total. The molecule has 0 aliphatic carbocycles. The van der Waals surface area contributed by atoms with Gasteiger partial charge in [0.2, 0.25) is 0 Å². The van der Waals surface area contributed by atoms with E-state index in [-0.39, 0.29) is 31.5 Å². The van der Waals surface area contributed by atoms with Crippen molar-refractivity contribution in [1.82, 2.24) is 5.32 Å². The number of ether oxygens (including phenoxy) is 1. The van der Waals surface area contributed by atoms with E-state index < -0.39 is 0 Å². The fourth-order valence-electron chi connectivity index (χ4n) is 3.00. The van der Waals surface area contributed by atoms with Crippen LogP contribution in [0, 0.1) is 0 Å². The first-order valence-electron chi connectivity index (χ1n) is 9.80.